The summed E-state index contributed by atoms with van der Waals surface area (Å²) < 4.78 is 30.4. The van der Waals surface area contributed by atoms with Crippen LogP contribution in [-0.4, -0.2) is 24.0 Å². The van der Waals surface area contributed by atoms with Crippen LogP contribution in [0.3, 0.4) is 0 Å². The second-order valence-corrected chi connectivity index (χ2v) is 5.57. The molecule has 1 aliphatic rings. The minimum Gasteiger partial charge on any atom is -0.468 e. The van der Waals surface area contributed by atoms with Gasteiger partial charge in [-0.25, -0.2) is 13.8 Å². The number of hydrogen-bond donors (Lipinski definition) is 0. The molecule has 0 bridgehead atoms. The Morgan fingerprint density at radius 1 is 1.65 bits per heavy atom. The van der Waals surface area contributed by atoms with Crippen LogP contribution in [0.1, 0.15) is 36.9 Å². The standard InChI is InChI=1S/C11H13F2NO2S/c1-10(2,9(15)16-3)8-14-7(5-17-8)6-4-11(6,12)13/h5-6H,4H2,1-3H3. The fourth-order valence-corrected chi connectivity index (χ4v) is 2.60. The second kappa shape index (κ2) is 3.73. The number of ether oxygens (including phenoxy) is 1. The third-order valence-corrected chi connectivity index (χ3v) is 4.12. The minimum atomic E-state index is -2.62. The normalized spacial score (nSPS) is 22.3. The Balaban J connectivity index is 2.22. The van der Waals surface area contributed by atoms with Gasteiger partial charge in [0.25, 0.3) is 5.92 Å². The van der Waals surface area contributed by atoms with Crippen molar-refractivity contribution in [2.24, 2.45) is 0 Å². The first-order chi connectivity index (χ1) is 7.79. The molecule has 1 fully saturated rings. The van der Waals surface area contributed by atoms with E-state index in [0.717, 1.165) is 0 Å². The Kier molecular flexibility index (Phi) is 2.72. The molecule has 17 heavy (non-hydrogen) atoms. The van der Waals surface area contributed by atoms with Gasteiger partial charge in [0.15, 0.2) is 0 Å². The second-order valence-electron chi connectivity index (χ2n) is 4.71. The highest BCUT2D eigenvalue weighted by atomic mass is 32.1. The van der Waals surface area contributed by atoms with Gasteiger partial charge in [0.2, 0.25) is 0 Å². The predicted octanol–water partition coefficient (Wildman–Crippen LogP) is 2.72. The van der Waals surface area contributed by atoms with Crippen LogP contribution in [0.5, 0.6) is 0 Å². The van der Waals surface area contributed by atoms with Gasteiger partial charge < -0.3 is 4.74 Å². The lowest BCUT2D eigenvalue weighted by Crippen LogP contribution is -2.30. The molecule has 0 radical (unpaired) electrons. The topological polar surface area (TPSA) is 39.2 Å². The van der Waals surface area contributed by atoms with Crippen molar-refractivity contribution in [2.45, 2.75) is 37.5 Å². The molecule has 1 heterocycles. The van der Waals surface area contributed by atoms with E-state index in [4.69, 9.17) is 0 Å². The van der Waals surface area contributed by atoms with E-state index in [0.29, 0.717) is 10.7 Å². The zero-order chi connectivity index (χ0) is 12.8. The smallest absolute Gasteiger partial charge is 0.318 e. The Labute approximate surface area is 102 Å². The van der Waals surface area contributed by atoms with Crippen LogP contribution in [0.4, 0.5) is 8.78 Å². The van der Waals surface area contributed by atoms with Crippen LogP contribution in [0.25, 0.3) is 0 Å². The molecule has 3 nitrogen and oxygen atoms in total. The molecule has 6 heteroatoms. The number of nitrogens with zero attached hydrogens (tertiary/aromatic N) is 1. The first-order valence-corrected chi connectivity index (χ1v) is 6.09. The zero-order valence-electron chi connectivity index (χ0n) is 9.79. The fraction of sp³-hybridized carbons (Fsp3) is 0.636. The summed E-state index contributed by atoms with van der Waals surface area (Å²) in [6.07, 6.45) is -0.144. The van der Waals surface area contributed by atoms with Crippen molar-refractivity contribution < 1.29 is 18.3 Å². The summed E-state index contributed by atoms with van der Waals surface area (Å²) in [5.41, 5.74) is -0.506. The van der Waals surface area contributed by atoms with Gasteiger partial charge in [-0.2, -0.15) is 0 Å². The highest BCUT2D eigenvalue weighted by Gasteiger charge is 2.59. The van der Waals surface area contributed by atoms with Gasteiger partial charge in [0, 0.05) is 11.8 Å². The summed E-state index contributed by atoms with van der Waals surface area (Å²) in [7, 11) is 1.30. The van der Waals surface area contributed by atoms with Gasteiger partial charge in [-0.1, -0.05) is 0 Å². The monoisotopic (exact) mass is 261 g/mol. The predicted molar refractivity (Wildman–Crippen MR) is 59.5 cm³/mol. The van der Waals surface area contributed by atoms with Crippen molar-refractivity contribution in [2.75, 3.05) is 7.11 Å². The zero-order valence-corrected chi connectivity index (χ0v) is 10.6. The van der Waals surface area contributed by atoms with Crippen LogP contribution < -0.4 is 0 Å². The molecule has 2 rings (SSSR count). The summed E-state index contributed by atoms with van der Waals surface area (Å²) >= 11 is 1.22. The molecule has 0 aromatic carbocycles. The number of carbonyl (C=O) groups is 1. The Bertz CT molecular complexity index is 456. The summed E-state index contributed by atoms with van der Waals surface area (Å²) in [4.78, 5) is 15.7. The highest BCUT2D eigenvalue weighted by molar-refractivity contribution is 7.10. The molecule has 1 aliphatic carbocycles. The summed E-state index contributed by atoms with van der Waals surface area (Å²) in [5.74, 6) is -3.82. The number of rotatable bonds is 3. The SMILES string of the molecule is COC(=O)C(C)(C)c1nc(C2CC2(F)F)cs1. The summed E-state index contributed by atoms with van der Waals surface area (Å²) in [6, 6.07) is 0. The first-order valence-electron chi connectivity index (χ1n) is 5.21. The van der Waals surface area contributed by atoms with E-state index in [9.17, 15) is 13.6 Å². The van der Waals surface area contributed by atoms with Crippen molar-refractivity contribution >= 4 is 17.3 Å². The van der Waals surface area contributed by atoms with Gasteiger partial charge in [-0.15, -0.1) is 11.3 Å². The van der Waals surface area contributed by atoms with Crippen molar-refractivity contribution in [1.29, 1.82) is 0 Å². The molecule has 1 aromatic heterocycles. The van der Waals surface area contributed by atoms with Gasteiger partial charge in [-0.3, -0.25) is 4.79 Å². The number of esters is 1. The average molecular weight is 261 g/mol. The lowest BCUT2D eigenvalue weighted by molar-refractivity contribution is -0.146. The quantitative estimate of drug-likeness (QED) is 0.785. The van der Waals surface area contributed by atoms with Crippen LogP contribution in [0.15, 0.2) is 5.38 Å². The average Bonchev–Trinajstić information content (AvgIpc) is 2.70. The molecule has 0 amide bonds. The van der Waals surface area contributed by atoms with Gasteiger partial charge in [0.1, 0.15) is 10.4 Å². The molecule has 0 saturated heterocycles. The summed E-state index contributed by atoms with van der Waals surface area (Å²) in [6.45, 7) is 3.35. The largest absolute Gasteiger partial charge is 0.468 e. The van der Waals surface area contributed by atoms with Crippen molar-refractivity contribution in [3.05, 3.63) is 16.1 Å². The molecule has 1 atom stereocenters. The van der Waals surface area contributed by atoms with E-state index < -0.39 is 23.2 Å². The number of alkyl halides is 2. The Morgan fingerprint density at radius 2 is 2.24 bits per heavy atom. The molecule has 1 saturated carbocycles. The highest BCUT2D eigenvalue weighted by Crippen LogP contribution is 2.55. The first kappa shape index (κ1) is 12.4. The molecule has 1 unspecified atom stereocenters. The maximum absolute atomic E-state index is 12.9. The third kappa shape index (κ3) is 2.06. The number of aromatic nitrogens is 1. The lowest BCUT2D eigenvalue weighted by Gasteiger charge is -2.18. The lowest BCUT2D eigenvalue weighted by atomic mass is 9.95. The third-order valence-electron chi connectivity index (χ3n) is 2.94. The molecular formula is C11H13F2NO2S. The van der Waals surface area contributed by atoms with E-state index >= 15 is 0 Å². The van der Waals surface area contributed by atoms with E-state index in [-0.39, 0.29) is 6.42 Å². The van der Waals surface area contributed by atoms with Crippen molar-refractivity contribution in [3.63, 3.8) is 0 Å². The maximum atomic E-state index is 12.9. The molecule has 1 aromatic rings. The van der Waals surface area contributed by atoms with E-state index in [1.54, 1.807) is 19.2 Å². The maximum Gasteiger partial charge on any atom is 0.318 e. The number of methoxy groups -OCH3 is 1. The summed E-state index contributed by atoms with van der Waals surface area (Å²) in [5, 5.41) is 2.12. The molecule has 0 N–H and O–H groups in total. The van der Waals surface area contributed by atoms with E-state index in [1.165, 1.54) is 18.4 Å². The molecular weight excluding hydrogens is 248 g/mol. The number of halogens is 2. The van der Waals surface area contributed by atoms with Gasteiger partial charge >= 0.3 is 5.97 Å². The van der Waals surface area contributed by atoms with E-state index in [1.807, 2.05) is 0 Å². The van der Waals surface area contributed by atoms with Gasteiger partial charge in [0.05, 0.1) is 18.7 Å². The fourth-order valence-electron chi connectivity index (χ4n) is 1.61. The van der Waals surface area contributed by atoms with Crippen LogP contribution >= 0.6 is 11.3 Å². The minimum absolute atomic E-state index is 0.144. The number of hydrogen-bond acceptors (Lipinski definition) is 4. The van der Waals surface area contributed by atoms with Crippen molar-refractivity contribution in [1.82, 2.24) is 4.98 Å². The van der Waals surface area contributed by atoms with Crippen LogP contribution in [0, 0.1) is 0 Å². The molecule has 0 spiro atoms. The van der Waals surface area contributed by atoms with Crippen molar-refractivity contribution in [3.8, 4) is 0 Å². The number of thiazole rings is 1. The Morgan fingerprint density at radius 3 is 2.71 bits per heavy atom. The Hall–Kier alpha value is -1.04. The van der Waals surface area contributed by atoms with Gasteiger partial charge in [-0.05, 0) is 13.8 Å². The van der Waals surface area contributed by atoms with Crippen LogP contribution in [-0.2, 0) is 14.9 Å². The number of carbonyl (C=O) groups excluding carboxylic acids is 1. The molecule has 0 aliphatic heterocycles. The van der Waals surface area contributed by atoms with E-state index in [2.05, 4.69) is 9.72 Å². The molecule has 94 valence electrons. The van der Waals surface area contributed by atoms with Crippen LogP contribution in [0.2, 0.25) is 0 Å².